The van der Waals surface area contributed by atoms with Crippen LogP contribution in [0.5, 0.6) is 0 Å². The molecule has 0 radical (unpaired) electrons. The molecule has 0 saturated carbocycles. The Morgan fingerprint density at radius 3 is 2.16 bits per heavy atom. The normalized spacial score (nSPS) is 17.3. The molecule has 4 rings (SSSR count). The second-order valence-corrected chi connectivity index (χ2v) is 10.3. The number of likely N-dealkylation sites (tertiary alicyclic amines) is 1. The van der Waals surface area contributed by atoms with Gasteiger partial charge in [0.25, 0.3) is 11.8 Å². The van der Waals surface area contributed by atoms with Gasteiger partial charge in [-0.05, 0) is 72.6 Å². The summed E-state index contributed by atoms with van der Waals surface area (Å²) in [6.45, 7) is 2.31. The van der Waals surface area contributed by atoms with Gasteiger partial charge in [-0.25, -0.2) is 0 Å². The number of anilines is 1. The first-order chi connectivity index (χ1) is 17.6. The highest BCUT2D eigenvalue weighted by molar-refractivity contribution is 6.42. The largest absolute Gasteiger partial charge is 0.338 e. The second-order valence-electron chi connectivity index (χ2n) is 9.07. The van der Waals surface area contributed by atoms with Gasteiger partial charge in [0.1, 0.15) is 0 Å². The molecule has 3 aromatic rings. The molecule has 1 aliphatic rings. The number of rotatable bonds is 5. The van der Waals surface area contributed by atoms with Crippen LogP contribution >= 0.6 is 34.8 Å². The van der Waals surface area contributed by atoms with E-state index in [0.717, 1.165) is 5.56 Å². The van der Waals surface area contributed by atoms with E-state index in [2.05, 4.69) is 5.32 Å². The van der Waals surface area contributed by atoms with Crippen LogP contribution in [0.2, 0.25) is 15.1 Å². The number of nitrogens with zero attached hydrogens (tertiary/aromatic N) is 2. The van der Waals surface area contributed by atoms with Gasteiger partial charge in [-0.2, -0.15) is 0 Å². The summed E-state index contributed by atoms with van der Waals surface area (Å²) >= 11 is 18.5. The van der Waals surface area contributed by atoms with Crippen LogP contribution in [-0.4, -0.2) is 53.7 Å². The SMILES string of the molecule is CC(=O)Nc1ccc(C(=O)N2CC[C@@H](N(C)C(=O)c3ccc(Cl)cc3)[C@H](c3ccc(Cl)c(Cl)c3)C2)cc1. The van der Waals surface area contributed by atoms with Gasteiger partial charge < -0.3 is 15.1 Å². The van der Waals surface area contributed by atoms with Gasteiger partial charge in [0.05, 0.1) is 10.0 Å². The lowest BCUT2D eigenvalue weighted by molar-refractivity contribution is -0.114. The third kappa shape index (κ3) is 6.27. The third-order valence-corrected chi connectivity index (χ3v) is 7.59. The predicted molar refractivity (Wildman–Crippen MR) is 148 cm³/mol. The van der Waals surface area contributed by atoms with Gasteiger partial charge in [0.15, 0.2) is 0 Å². The molecule has 1 heterocycles. The van der Waals surface area contributed by atoms with Gasteiger partial charge in [0, 0.05) is 60.9 Å². The number of nitrogens with one attached hydrogen (secondary N) is 1. The Morgan fingerprint density at radius 2 is 1.54 bits per heavy atom. The van der Waals surface area contributed by atoms with Crippen molar-refractivity contribution in [2.24, 2.45) is 0 Å². The van der Waals surface area contributed by atoms with Crippen LogP contribution in [0.3, 0.4) is 0 Å². The van der Waals surface area contributed by atoms with E-state index < -0.39 is 0 Å². The van der Waals surface area contributed by atoms with Crippen molar-refractivity contribution >= 4 is 58.2 Å². The van der Waals surface area contributed by atoms with Crippen molar-refractivity contribution in [1.82, 2.24) is 9.80 Å². The molecule has 0 aromatic heterocycles. The van der Waals surface area contributed by atoms with E-state index in [1.807, 2.05) is 6.07 Å². The summed E-state index contributed by atoms with van der Waals surface area (Å²) in [5.74, 6) is -0.611. The lowest BCUT2D eigenvalue weighted by Crippen LogP contribution is -2.51. The van der Waals surface area contributed by atoms with Gasteiger partial charge in [-0.15, -0.1) is 0 Å². The fraction of sp³-hybridized carbons (Fsp3) is 0.250. The summed E-state index contributed by atoms with van der Waals surface area (Å²) in [6.07, 6.45) is 0.580. The highest BCUT2D eigenvalue weighted by Crippen LogP contribution is 2.35. The van der Waals surface area contributed by atoms with Crippen LogP contribution in [-0.2, 0) is 4.79 Å². The molecule has 3 amide bonds. The second kappa shape index (κ2) is 11.5. The molecule has 2 atom stereocenters. The van der Waals surface area contributed by atoms with Crippen LogP contribution in [0.1, 0.15) is 45.5 Å². The molecule has 6 nitrogen and oxygen atoms in total. The standard InChI is InChI=1S/C28H26Cl3N3O3/c1-17(35)32-22-10-5-19(6-11-22)28(37)34-14-13-26(23(16-34)20-7-12-24(30)25(31)15-20)33(2)27(36)18-3-8-21(29)9-4-18/h3-12,15,23,26H,13-14,16H2,1-2H3,(H,32,35)/t23-,26+/m0/s1. The number of likely N-dealkylation sites (N-methyl/N-ethyl adjacent to an activating group) is 1. The Balaban J connectivity index is 1.60. The van der Waals surface area contributed by atoms with E-state index in [4.69, 9.17) is 34.8 Å². The smallest absolute Gasteiger partial charge is 0.253 e. The molecule has 1 aliphatic heterocycles. The van der Waals surface area contributed by atoms with Crippen LogP contribution in [0, 0.1) is 0 Å². The fourth-order valence-corrected chi connectivity index (χ4v) is 5.12. The molecule has 1 N–H and O–H groups in total. The molecule has 0 aliphatic carbocycles. The monoisotopic (exact) mass is 557 g/mol. The van der Waals surface area contributed by atoms with E-state index in [1.54, 1.807) is 77.5 Å². The fourth-order valence-electron chi connectivity index (χ4n) is 4.69. The zero-order valence-corrected chi connectivity index (χ0v) is 22.6. The third-order valence-electron chi connectivity index (χ3n) is 6.60. The van der Waals surface area contributed by atoms with Crippen molar-refractivity contribution in [3.8, 4) is 0 Å². The number of hydrogen-bond acceptors (Lipinski definition) is 3. The molecule has 9 heteroatoms. The van der Waals surface area contributed by atoms with Crippen LogP contribution in [0.4, 0.5) is 5.69 Å². The minimum atomic E-state index is -0.188. The molecule has 0 bridgehead atoms. The maximum absolute atomic E-state index is 13.4. The highest BCUT2D eigenvalue weighted by atomic mass is 35.5. The molecule has 1 saturated heterocycles. The van der Waals surface area contributed by atoms with Crippen LogP contribution in [0.25, 0.3) is 0 Å². The maximum Gasteiger partial charge on any atom is 0.253 e. The minimum absolute atomic E-state index is 0.121. The van der Waals surface area contributed by atoms with E-state index in [-0.39, 0.29) is 29.7 Å². The number of carbonyl (C=O) groups excluding carboxylic acids is 3. The van der Waals surface area contributed by atoms with Gasteiger partial charge in [-0.1, -0.05) is 40.9 Å². The topological polar surface area (TPSA) is 69.7 Å². The van der Waals surface area contributed by atoms with Crippen molar-refractivity contribution in [1.29, 1.82) is 0 Å². The summed E-state index contributed by atoms with van der Waals surface area (Å²) in [7, 11) is 1.78. The number of halogens is 3. The Kier molecular flexibility index (Phi) is 8.42. The van der Waals surface area contributed by atoms with E-state index in [1.165, 1.54) is 6.92 Å². The molecular weight excluding hydrogens is 533 g/mol. The first kappa shape index (κ1) is 27.0. The molecule has 3 aromatic carbocycles. The number of benzene rings is 3. The Hall–Kier alpha value is -3.06. The van der Waals surface area contributed by atoms with Gasteiger partial charge in [0.2, 0.25) is 5.91 Å². The zero-order valence-electron chi connectivity index (χ0n) is 20.4. The van der Waals surface area contributed by atoms with Crippen molar-refractivity contribution in [3.63, 3.8) is 0 Å². The predicted octanol–water partition coefficient (Wildman–Crippen LogP) is 6.38. The Morgan fingerprint density at radius 1 is 0.892 bits per heavy atom. The number of carbonyl (C=O) groups is 3. The summed E-state index contributed by atoms with van der Waals surface area (Å²) in [4.78, 5) is 41.5. The zero-order chi connectivity index (χ0) is 26.7. The molecule has 0 spiro atoms. The average molecular weight is 559 g/mol. The summed E-state index contributed by atoms with van der Waals surface area (Å²) < 4.78 is 0. The van der Waals surface area contributed by atoms with Crippen molar-refractivity contribution in [2.75, 3.05) is 25.5 Å². The molecule has 192 valence electrons. The van der Waals surface area contributed by atoms with Crippen LogP contribution < -0.4 is 5.32 Å². The lowest BCUT2D eigenvalue weighted by Gasteiger charge is -2.43. The molecular formula is C28H26Cl3N3O3. The number of piperidine rings is 1. The molecule has 1 fully saturated rings. The Labute approximate surface area is 231 Å². The summed E-state index contributed by atoms with van der Waals surface area (Å²) in [5.41, 5.74) is 2.58. The lowest BCUT2D eigenvalue weighted by atomic mass is 9.84. The van der Waals surface area contributed by atoms with E-state index in [9.17, 15) is 14.4 Å². The minimum Gasteiger partial charge on any atom is -0.338 e. The molecule has 37 heavy (non-hydrogen) atoms. The van der Waals surface area contributed by atoms with Gasteiger partial charge in [-0.3, -0.25) is 14.4 Å². The number of hydrogen-bond donors (Lipinski definition) is 1. The van der Waals surface area contributed by atoms with Crippen molar-refractivity contribution in [3.05, 3.63) is 98.5 Å². The van der Waals surface area contributed by atoms with Gasteiger partial charge >= 0.3 is 0 Å². The van der Waals surface area contributed by atoms with Crippen LogP contribution in [0.15, 0.2) is 66.7 Å². The maximum atomic E-state index is 13.4. The quantitative estimate of drug-likeness (QED) is 0.395. The Bertz CT molecular complexity index is 1310. The summed E-state index contributed by atoms with van der Waals surface area (Å²) in [6, 6.07) is 18.9. The van der Waals surface area contributed by atoms with E-state index >= 15 is 0 Å². The van der Waals surface area contributed by atoms with Crippen molar-refractivity contribution < 1.29 is 14.4 Å². The summed E-state index contributed by atoms with van der Waals surface area (Å²) in [5, 5.41) is 4.12. The van der Waals surface area contributed by atoms with E-state index in [0.29, 0.717) is 51.4 Å². The first-order valence-corrected chi connectivity index (χ1v) is 12.9. The average Bonchev–Trinajstić information content (AvgIpc) is 2.89. The van der Waals surface area contributed by atoms with Crippen molar-refractivity contribution in [2.45, 2.75) is 25.3 Å². The first-order valence-electron chi connectivity index (χ1n) is 11.8. The number of amides is 3. The highest BCUT2D eigenvalue weighted by Gasteiger charge is 2.37. The molecule has 0 unspecified atom stereocenters.